The second kappa shape index (κ2) is 5.48. The maximum atomic E-state index is 12.5. The van der Waals surface area contributed by atoms with E-state index in [0.717, 1.165) is 4.31 Å². The van der Waals surface area contributed by atoms with E-state index in [1.807, 2.05) is 6.07 Å². The molecule has 8 heteroatoms. The summed E-state index contributed by atoms with van der Waals surface area (Å²) in [6.07, 6.45) is 0.530. The summed E-state index contributed by atoms with van der Waals surface area (Å²) in [5.41, 5.74) is 5.84. The van der Waals surface area contributed by atoms with Gasteiger partial charge in [-0.25, -0.2) is 8.42 Å². The summed E-state index contributed by atoms with van der Waals surface area (Å²) in [5, 5.41) is 11.7. The number of rotatable bonds is 2. The number of nitriles is 1. The van der Waals surface area contributed by atoms with Crippen LogP contribution < -0.4 is 11.1 Å². The predicted molar refractivity (Wildman–Crippen MR) is 72.0 cm³/mol. The van der Waals surface area contributed by atoms with Crippen LogP contribution in [0.2, 0.25) is 0 Å². The highest BCUT2D eigenvalue weighted by Crippen LogP contribution is 2.22. The molecule has 0 aromatic heterocycles. The standard InChI is InChI=1S/C12H14N4O3S/c13-7-9-6-10(14)2-3-11(9)20(18,19)16-5-1-4-15-12(17)8-16/h2-3,6H,1,4-5,8,14H2,(H,15,17). The van der Waals surface area contributed by atoms with E-state index < -0.39 is 10.0 Å². The highest BCUT2D eigenvalue weighted by Gasteiger charge is 2.29. The van der Waals surface area contributed by atoms with Crippen molar-refractivity contribution in [1.29, 1.82) is 5.26 Å². The maximum absolute atomic E-state index is 12.5. The number of nitrogens with one attached hydrogen (secondary N) is 1. The zero-order chi connectivity index (χ0) is 14.8. The van der Waals surface area contributed by atoms with Gasteiger partial charge in [0.2, 0.25) is 15.9 Å². The first-order chi connectivity index (χ1) is 9.45. The van der Waals surface area contributed by atoms with Crippen molar-refractivity contribution in [2.75, 3.05) is 25.4 Å². The third kappa shape index (κ3) is 2.74. The summed E-state index contributed by atoms with van der Waals surface area (Å²) in [6, 6.07) is 5.85. The van der Waals surface area contributed by atoms with Gasteiger partial charge in [-0.05, 0) is 24.6 Å². The fraction of sp³-hybridized carbons (Fsp3) is 0.333. The van der Waals surface area contributed by atoms with E-state index in [2.05, 4.69) is 5.32 Å². The number of carbonyl (C=O) groups is 1. The Hall–Kier alpha value is -2.11. The molecule has 2 rings (SSSR count). The number of hydrogen-bond acceptors (Lipinski definition) is 5. The number of anilines is 1. The Balaban J connectivity index is 2.44. The van der Waals surface area contributed by atoms with Gasteiger partial charge in [-0.3, -0.25) is 4.79 Å². The van der Waals surface area contributed by atoms with Crippen molar-refractivity contribution in [1.82, 2.24) is 9.62 Å². The molecule has 1 saturated heterocycles. The summed E-state index contributed by atoms with van der Waals surface area (Å²) in [4.78, 5) is 11.4. The molecule has 1 fully saturated rings. The van der Waals surface area contributed by atoms with E-state index >= 15 is 0 Å². The smallest absolute Gasteiger partial charge is 0.244 e. The average Bonchev–Trinajstić information content (AvgIpc) is 2.63. The van der Waals surface area contributed by atoms with Gasteiger partial charge in [-0.2, -0.15) is 9.57 Å². The Labute approximate surface area is 117 Å². The molecule has 106 valence electrons. The zero-order valence-corrected chi connectivity index (χ0v) is 11.5. The molecule has 20 heavy (non-hydrogen) atoms. The largest absolute Gasteiger partial charge is 0.399 e. The molecule has 1 aromatic carbocycles. The lowest BCUT2D eigenvalue weighted by Crippen LogP contribution is -2.37. The molecular formula is C12H14N4O3S. The summed E-state index contributed by atoms with van der Waals surface area (Å²) in [7, 11) is -3.88. The molecule has 0 atom stereocenters. The highest BCUT2D eigenvalue weighted by atomic mass is 32.2. The fourth-order valence-corrected chi connectivity index (χ4v) is 3.54. The second-order valence-corrected chi connectivity index (χ2v) is 6.32. The first-order valence-corrected chi connectivity index (χ1v) is 7.45. The Morgan fingerprint density at radius 2 is 2.15 bits per heavy atom. The second-order valence-electron chi connectivity index (χ2n) is 4.41. The van der Waals surface area contributed by atoms with Crippen LogP contribution in [0.25, 0.3) is 0 Å². The first kappa shape index (κ1) is 14.3. The number of amides is 1. The van der Waals surface area contributed by atoms with Crippen LogP contribution in [0.15, 0.2) is 23.1 Å². The van der Waals surface area contributed by atoms with Crippen LogP contribution in [0.5, 0.6) is 0 Å². The number of benzene rings is 1. The van der Waals surface area contributed by atoms with Crippen LogP contribution in [0.1, 0.15) is 12.0 Å². The Bertz CT molecular complexity index is 678. The SMILES string of the molecule is N#Cc1cc(N)ccc1S(=O)(=O)N1CCCNC(=O)C1. The lowest BCUT2D eigenvalue weighted by Gasteiger charge is -2.19. The molecule has 1 heterocycles. The van der Waals surface area contributed by atoms with Crippen LogP contribution in [0, 0.1) is 11.3 Å². The molecule has 1 aliphatic rings. The average molecular weight is 294 g/mol. The fourth-order valence-electron chi connectivity index (χ4n) is 1.98. The maximum Gasteiger partial charge on any atom is 0.244 e. The number of nitrogens with zero attached hydrogens (tertiary/aromatic N) is 2. The Morgan fingerprint density at radius 1 is 1.40 bits per heavy atom. The van der Waals surface area contributed by atoms with Gasteiger partial charge >= 0.3 is 0 Å². The van der Waals surface area contributed by atoms with Gasteiger partial charge in [-0.1, -0.05) is 0 Å². The molecule has 3 N–H and O–H groups in total. The third-order valence-corrected chi connectivity index (χ3v) is 4.87. The molecular weight excluding hydrogens is 280 g/mol. The summed E-state index contributed by atoms with van der Waals surface area (Å²) >= 11 is 0. The lowest BCUT2D eigenvalue weighted by atomic mass is 10.2. The van der Waals surface area contributed by atoms with Gasteiger partial charge < -0.3 is 11.1 Å². The van der Waals surface area contributed by atoms with Crippen LogP contribution in [-0.2, 0) is 14.8 Å². The Kier molecular flexibility index (Phi) is 3.92. The van der Waals surface area contributed by atoms with E-state index in [4.69, 9.17) is 11.0 Å². The normalized spacial score (nSPS) is 17.1. The lowest BCUT2D eigenvalue weighted by molar-refractivity contribution is -0.120. The monoisotopic (exact) mass is 294 g/mol. The third-order valence-electron chi connectivity index (χ3n) is 2.97. The van der Waals surface area contributed by atoms with Crippen molar-refractivity contribution in [2.24, 2.45) is 0 Å². The van der Waals surface area contributed by atoms with E-state index in [9.17, 15) is 13.2 Å². The highest BCUT2D eigenvalue weighted by molar-refractivity contribution is 7.89. The van der Waals surface area contributed by atoms with Gasteiger partial charge in [0.1, 0.15) is 11.0 Å². The molecule has 0 saturated carbocycles. The van der Waals surface area contributed by atoms with Crippen molar-refractivity contribution in [2.45, 2.75) is 11.3 Å². The molecule has 0 aliphatic carbocycles. The van der Waals surface area contributed by atoms with Crippen molar-refractivity contribution >= 4 is 21.6 Å². The number of hydrogen-bond donors (Lipinski definition) is 2. The molecule has 1 aliphatic heterocycles. The van der Waals surface area contributed by atoms with Crippen molar-refractivity contribution in [3.8, 4) is 6.07 Å². The summed E-state index contributed by atoms with van der Waals surface area (Å²) in [5.74, 6) is -0.347. The number of sulfonamides is 1. The number of nitrogens with two attached hydrogens (primary N) is 1. The predicted octanol–water partition coefficient (Wildman–Crippen LogP) is -0.349. The van der Waals surface area contributed by atoms with Crippen molar-refractivity contribution in [3.05, 3.63) is 23.8 Å². The summed E-state index contributed by atoms with van der Waals surface area (Å²) in [6.45, 7) is 0.436. The molecule has 0 unspecified atom stereocenters. The van der Waals surface area contributed by atoms with Crippen LogP contribution in [0.4, 0.5) is 5.69 Å². The van der Waals surface area contributed by atoms with Crippen molar-refractivity contribution in [3.63, 3.8) is 0 Å². The van der Waals surface area contributed by atoms with Crippen molar-refractivity contribution < 1.29 is 13.2 Å². The minimum Gasteiger partial charge on any atom is -0.399 e. The zero-order valence-electron chi connectivity index (χ0n) is 10.7. The van der Waals surface area contributed by atoms with E-state index in [1.54, 1.807) is 0 Å². The topological polar surface area (TPSA) is 116 Å². The molecule has 0 spiro atoms. The van der Waals surface area contributed by atoms with Gasteiger partial charge in [0.15, 0.2) is 0 Å². The van der Waals surface area contributed by atoms with Gasteiger partial charge in [0, 0.05) is 18.8 Å². The van der Waals surface area contributed by atoms with E-state index in [-0.39, 0.29) is 29.5 Å². The van der Waals surface area contributed by atoms with E-state index in [0.29, 0.717) is 18.7 Å². The molecule has 0 radical (unpaired) electrons. The molecule has 0 bridgehead atoms. The van der Waals surface area contributed by atoms with Crippen LogP contribution in [-0.4, -0.2) is 38.3 Å². The number of nitrogen functional groups attached to an aromatic ring is 1. The number of carbonyl (C=O) groups excluding carboxylic acids is 1. The van der Waals surface area contributed by atoms with E-state index in [1.165, 1.54) is 18.2 Å². The molecule has 7 nitrogen and oxygen atoms in total. The van der Waals surface area contributed by atoms with Gasteiger partial charge in [0.05, 0.1) is 12.1 Å². The van der Waals surface area contributed by atoms with Crippen LogP contribution in [0.3, 0.4) is 0 Å². The Morgan fingerprint density at radius 3 is 2.85 bits per heavy atom. The van der Waals surface area contributed by atoms with Gasteiger partial charge in [0.25, 0.3) is 0 Å². The first-order valence-electron chi connectivity index (χ1n) is 6.01. The minimum atomic E-state index is -3.88. The summed E-state index contributed by atoms with van der Waals surface area (Å²) < 4.78 is 26.1. The minimum absolute atomic E-state index is 0.0188. The van der Waals surface area contributed by atoms with Gasteiger partial charge in [-0.15, -0.1) is 0 Å². The quantitative estimate of drug-likeness (QED) is 0.723. The molecule has 1 amide bonds. The molecule has 1 aromatic rings. The van der Waals surface area contributed by atoms with Crippen LogP contribution >= 0.6 is 0 Å².